The van der Waals surface area contributed by atoms with Gasteiger partial charge in [-0.2, -0.15) is 0 Å². The normalized spacial score (nSPS) is 24.3. The lowest BCUT2D eigenvalue weighted by Gasteiger charge is -2.32. The largest absolute Gasteiger partial charge is 0.393 e. The van der Waals surface area contributed by atoms with Crippen molar-refractivity contribution < 1.29 is 5.11 Å². The van der Waals surface area contributed by atoms with Gasteiger partial charge in [-0.05, 0) is 57.5 Å². The van der Waals surface area contributed by atoms with Gasteiger partial charge in [-0.15, -0.1) is 0 Å². The lowest BCUT2D eigenvalue weighted by molar-refractivity contribution is 0.0818. The predicted molar refractivity (Wildman–Crippen MR) is 89.6 cm³/mol. The number of nitrogens with zero attached hydrogens (tertiary/aromatic N) is 1. The summed E-state index contributed by atoms with van der Waals surface area (Å²) in [6.07, 6.45) is 13.0. The van der Waals surface area contributed by atoms with E-state index in [4.69, 9.17) is 0 Å². The molecular formula is C18H36N2O. The van der Waals surface area contributed by atoms with Gasteiger partial charge in [-0.3, -0.25) is 0 Å². The van der Waals surface area contributed by atoms with Crippen molar-refractivity contribution in [2.24, 2.45) is 5.92 Å². The minimum absolute atomic E-state index is 0.0420. The van der Waals surface area contributed by atoms with Gasteiger partial charge in [0, 0.05) is 19.1 Å². The van der Waals surface area contributed by atoms with E-state index in [1.165, 1.54) is 64.5 Å². The smallest absolute Gasteiger partial charge is 0.0564 e. The fourth-order valence-electron chi connectivity index (χ4n) is 4.09. The van der Waals surface area contributed by atoms with Crippen LogP contribution in [0.2, 0.25) is 0 Å². The fraction of sp³-hybridized carbons (Fsp3) is 1.00. The Kier molecular flexibility index (Phi) is 8.05. The number of aliphatic hydroxyl groups excluding tert-OH is 1. The van der Waals surface area contributed by atoms with Crippen LogP contribution in [0.3, 0.4) is 0 Å². The molecule has 2 aliphatic rings. The van der Waals surface area contributed by atoms with Crippen LogP contribution in [-0.4, -0.2) is 48.3 Å². The Balaban J connectivity index is 1.60. The Morgan fingerprint density at radius 3 is 2.48 bits per heavy atom. The highest BCUT2D eigenvalue weighted by molar-refractivity contribution is 4.79. The Bertz CT molecular complexity index is 258. The molecule has 0 aromatic rings. The first-order chi connectivity index (χ1) is 10.3. The molecule has 0 aromatic carbocycles. The number of hydrogen-bond acceptors (Lipinski definition) is 3. The van der Waals surface area contributed by atoms with Crippen LogP contribution in [-0.2, 0) is 0 Å². The Morgan fingerprint density at radius 2 is 1.81 bits per heavy atom. The van der Waals surface area contributed by atoms with Crippen molar-refractivity contribution in [3.8, 4) is 0 Å². The molecule has 124 valence electrons. The summed E-state index contributed by atoms with van der Waals surface area (Å²) >= 11 is 0. The molecule has 3 nitrogen and oxygen atoms in total. The topological polar surface area (TPSA) is 35.5 Å². The van der Waals surface area contributed by atoms with E-state index in [2.05, 4.69) is 17.1 Å². The maximum absolute atomic E-state index is 9.54. The fourth-order valence-corrected chi connectivity index (χ4v) is 4.09. The van der Waals surface area contributed by atoms with Crippen LogP contribution in [0.15, 0.2) is 0 Å². The zero-order chi connectivity index (χ0) is 14.9. The Labute approximate surface area is 131 Å². The summed E-state index contributed by atoms with van der Waals surface area (Å²) in [4.78, 5) is 2.52. The number of aliphatic hydroxyl groups is 1. The molecule has 0 radical (unpaired) electrons. The molecule has 1 aliphatic carbocycles. The van der Waals surface area contributed by atoms with Crippen molar-refractivity contribution in [3.63, 3.8) is 0 Å². The summed E-state index contributed by atoms with van der Waals surface area (Å²) in [7, 11) is 0. The highest BCUT2D eigenvalue weighted by Crippen LogP contribution is 2.28. The summed E-state index contributed by atoms with van der Waals surface area (Å²) in [6.45, 7) is 6.85. The van der Waals surface area contributed by atoms with Gasteiger partial charge in [-0.1, -0.05) is 32.6 Å². The molecule has 2 N–H and O–H groups in total. The maximum atomic E-state index is 9.54. The van der Waals surface area contributed by atoms with E-state index in [0.29, 0.717) is 0 Å². The van der Waals surface area contributed by atoms with E-state index in [1.54, 1.807) is 0 Å². The van der Waals surface area contributed by atoms with Crippen molar-refractivity contribution in [1.82, 2.24) is 10.2 Å². The quantitative estimate of drug-likeness (QED) is 0.675. The first kappa shape index (κ1) is 17.2. The average molecular weight is 296 g/mol. The van der Waals surface area contributed by atoms with E-state index in [-0.39, 0.29) is 6.10 Å². The molecular weight excluding hydrogens is 260 g/mol. The van der Waals surface area contributed by atoms with Gasteiger partial charge in [0.25, 0.3) is 0 Å². The van der Waals surface area contributed by atoms with Crippen LogP contribution in [0.4, 0.5) is 0 Å². The average Bonchev–Trinajstić information content (AvgIpc) is 2.53. The SMILES string of the molecule is CCCC(NCCCN1CCC(O)CC1)C1CCCCC1. The van der Waals surface area contributed by atoms with Crippen molar-refractivity contribution in [3.05, 3.63) is 0 Å². The molecule has 0 amide bonds. The standard InChI is InChI=1S/C18H36N2O/c1-2-7-18(16-8-4-3-5-9-16)19-12-6-13-20-14-10-17(21)11-15-20/h16-19,21H,2-15H2,1H3. The first-order valence-corrected chi connectivity index (χ1v) is 9.43. The second-order valence-corrected chi connectivity index (χ2v) is 7.17. The van der Waals surface area contributed by atoms with Crippen LogP contribution in [0.25, 0.3) is 0 Å². The van der Waals surface area contributed by atoms with Gasteiger partial charge >= 0.3 is 0 Å². The van der Waals surface area contributed by atoms with Crippen molar-refractivity contribution in [2.75, 3.05) is 26.2 Å². The van der Waals surface area contributed by atoms with Crippen LogP contribution in [0.1, 0.15) is 71.1 Å². The summed E-state index contributed by atoms with van der Waals surface area (Å²) in [6, 6.07) is 0.762. The van der Waals surface area contributed by atoms with E-state index in [0.717, 1.165) is 37.9 Å². The monoisotopic (exact) mass is 296 g/mol. The van der Waals surface area contributed by atoms with Crippen molar-refractivity contribution in [2.45, 2.75) is 83.3 Å². The van der Waals surface area contributed by atoms with Crippen LogP contribution in [0, 0.1) is 5.92 Å². The number of rotatable bonds is 8. The van der Waals surface area contributed by atoms with Gasteiger partial charge in [0.1, 0.15) is 0 Å². The Morgan fingerprint density at radius 1 is 1.10 bits per heavy atom. The summed E-state index contributed by atoms with van der Waals surface area (Å²) in [5.41, 5.74) is 0. The summed E-state index contributed by atoms with van der Waals surface area (Å²) < 4.78 is 0. The molecule has 0 aromatic heterocycles. The molecule has 1 heterocycles. The molecule has 2 rings (SSSR count). The minimum Gasteiger partial charge on any atom is -0.393 e. The lowest BCUT2D eigenvalue weighted by atomic mass is 9.82. The number of likely N-dealkylation sites (tertiary alicyclic amines) is 1. The Hall–Kier alpha value is -0.120. The second-order valence-electron chi connectivity index (χ2n) is 7.17. The molecule has 1 atom stereocenters. The van der Waals surface area contributed by atoms with Gasteiger partial charge in [0.15, 0.2) is 0 Å². The molecule has 2 fully saturated rings. The van der Waals surface area contributed by atoms with Crippen LogP contribution in [0.5, 0.6) is 0 Å². The van der Waals surface area contributed by atoms with Crippen LogP contribution >= 0.6 is 0 Å². The first-order valence-electron chi connectivity index (χ1n) is 9.43. The molecule has 1 saturated carbocycles. The third-order valence-corrected chi connectivity index (χ3v) is 5.43. The van der Waals surface area contributed by atoms with E-state index in [1.807, 2.05) is 0 Å². The lowest BCUT2D eigenvalue weighted by Crippen LogP contribution is -2.40. The number of piperidine rings is 1. The third kappa shape index (κ3) is 6.25. The molecule has 21 heavy (non-hydrogen) atoms. The zero-order valence-corrected chi connectivity index (χ0v) is 14.0. The third-order valence-electron chi connectivity index (χ3n) is 5.43. The van der Waals surface area contributed by atoms with E-state index in [9.17, 15) is 5.11 Å². The molecule has 0 bridgehead atoms. The van der Waals surface area contributed by atoms with Crippen LogP contribution < -0.4 is 5.32 Å². The predicted octanol–water partition coefficient (Wildman–Crippen LogP) is 3.17. The van der Waals surface area contributed by atoms with Gasteiger partial charge in [0.05, 0.1) is 6.10 Å². The number of nitrogens with one attached hydrogen (secondary N) is 1. The zero-order valence-electron chi connectivity index (χ0n) is 14.0. The summed E-state index contributed by atoms with van der Waals surface area (Å²) in [5, 5.41) is 13.4. The van der Waals surface area contributed by atoms with Crippen molar-refractivity contribution in [1.29, 1.82) is 0 Å². The molecule has 1 unspecified atom stereocenters. The molecule has 1 aliphatic heterocycles. The molecule has 0 spiro atoms. The van der Waals surface area contributed by atoms with Gasteiger partial charge in [0.2, 0.25) is 0 Å². The maximum Gasteiger partial charge on any atom is 0.0564 e. The van der Waals surface area contributed by atoms with Crippen molar-refractivity contribution >= 4 is 0 Å². The van der Waals surface area contributed by atoms with Gasteiger partial charge in [-0.25, -0.2) is 0 Å². The second kappa shape index (κ2) is 9.81. The number of hydrogen-bond donors (Lipinski definition) is 2. The highest BCUT2D eigenvalue weighted by Gasteiger charge is 2.22. The van der Waals surface area contributed by atoms with E-state index < -0.39 is 0 Å². The molecule has 1 saturated heterocycles. The highest BCUT2D eigenvalue weighted by atomic mass is 16.3. The summed E-state index contributed by atoms with van der Waals surface area (Å²) in [5.74, 6) is 0.934. The van der Waals surface area contributed by atoms with Gasteiger partial charge < -0.3 is 15.3 Å². The minimum atomic E-state index is -0.0420. The van der Waals surface area contributed by atoms with E-state index >= 15 is 0 Å². The molecule has 3 heteroatoms.